The van der Waals surface area contributed by atoms with Crippen molar-refractivity contribution in [2.45, 2.75) is 6.42 Å². The van der Waals surface area contributed by atoms with Crippen molar-refractivity contribution < 1.29 is 18.0 Å². The van der Waals surface area contributed by atoms with Crippen LogP contribution in [0.2, 0.25) is 5.02 Å². The lowest BCUT2D eigenvalue weighted by atomic mass is 10.0. The molecule has 5 heteroatoms. The molecule has 0 aliphatic carbocycles. The van der Waals surface area contributed by atoms with E-state index in [9.17, 15) is 18.0 Å². The van der Waals surface area contributed by atoms with E-state index in [1.165, 1.54) is 6.07 Å². The molecule has 0 atom stereocenters. The Morgan fingerprint density at radius 3 is 2.26 bits per heavy atom. The van der Waals surface area contributed by atoms with Gasteiger partial charge in [0.2, 0.25) is 0 Å². The highest BCUT2D eigenvalue weighted by atomic mass is 35.5. The summed E-state index contributed by atoms with van der Waals surface area (Å²) in [5.74, 6) is -4.24. The maximum absolute atomic E-state index is 13.4. The van der Waals surface area contributed by atoms with Gasteiger partial charge in [-0.2, -0.15) is 0 Å². The molecule has 0 amide bonds. The molecule has 2 rings (SSSR count). The van der Waals surface area contributed by atoms with Gasteiger partial charge in [0.05, 0.1) is 5.56 Å². The van der Waals surface area contributed by atoms with E-state index < -0.39 is 28.8 Å². The van der Waals surface area contributed by atoms with Crippen LogP contribution < -0.4 is 0 Å². The second kappa shape index (κ2) is 5.45. The Kier molecular flexibility index (Phi) is 3.90. The van der Waals surface area contributed by atoms with Crippen LogP contribution in [-0.2, 0) is 6.42 Å². The van der Waals surface area contributed by atoms with Crippen LogP contribution in [-0.4, -0.2) is 5.78 Å². The van der Waals surface area contributed by atoms with Crippen LogP contribution >= 0.6 is 11.6 Å². The lowest BCUT2D eigenvalue weighted by molar-refractivity contribution is 0.0985. The molecule has 0 saturated carbocycles. The highest BCUT2D eigenvalue weighted by Crippen LogP contribution is 2.18. The zero-order valence-electron chi connectivity index (χ0n) is 9.59. The molecule has 2 aromatic rings. The number of carbonyl (C=O) groups is 1. The predicted octanol–water partition coefficient (Wildman–Crippen LogP) is 4.18. The van der Waals surface area contributed by atoms with Gasteiger partial charge in [-0.15, -0.1) is 0 Å². The first kappa shape index (κ1) is 13.6. The Morgan fingerprint density at radius 1 is 1.05 bits per heavy atom. The number of halogens is 4. The van der Waals surface area contributed by atoms with Crippen LogP contribution in [0.1, 0.15) is 15.9 Å². The van der Waals surface area contributed by atoms with Gasteiger partial charge in [0.1, 0.15) is 17.5 Å². The summed E-state index contributed by atoms with van der Waals surface area (Å²) in [4.78, 5) is 11.8. The van der Waals surface area contributed by atoms with Gasteiger partial charge < -0.3 is 0 Å². The topological polar surface area (TPSA) is 17.1 Å². The van der Waals surface area contributed by atoms with E-state index in [0.717, 1.165) is 0 Å². The molecule has 98 valence electrons. The SMILES string of the molecule is O=C(Cc1cccc(Cl)c1)c1c(F)cc(F)cc1F. The molecule has 0 aromatic heterocycles. The number of Topliss-reactive ketones (excluding diaryl/α,β-unsaturated/α-hetero) is 1. The molecule has 1 nitrogen and oxygen atoms in total. The quantitative estimate of drug-likeness (QED) is 0.773. The van der Waals surface area contributed by atoms with Gasteiger partial charge in [0.25, 0.3) is 0 Å². The van der Waals surface area contributed by atoms with Crippen LogP contribution in [0.3, 0.4) is 0 Å². The zero-order chi connectivity index (χ0) is 14.0. The summed E-state index contributed by atoms with van der Waals surface area (Å²) in [6, 6.07) is 7.35. The van der Waals surface area contributed by atoms with Crippen molar-refractivity contribution in [3.8, 4) is 0 Å². The summed E-state index contributed by atoms with van der Waals surface area (Å²) < 4.78 is 39.6. The summed E-state index contributed by atoms with van der Waals surface area (Å²) in [5, 5.41) is 0.422. The summed E-state index contributed by atoms with van der Waals surface area (Å²) in [6.45, 7) is 0. The normalized spacial score (nSPS) is 10.5. The van der Waals surface area contributed by atoms with Crippen LogP contribution in [0.4, 0.5) is 13.2 Å². The molecule has 0 radical (unpaired) electrons. The Hall–Kier alpha value is -1.81. The third kappa shape index (κ3) is 3.15. The predicted molar refractivity (Wildman–Crippen MR) is 65.8 cm³/mol. The van der Waals surface area contributed by atoms with Gasteiger partial charge in [-0.3, -0.25) is 4.79 Å². The van der Waals surface area contributed by atoms with Crippen molar-refractivity contribution in [1.29, 1.82) is 0 Å². The van der Waals surface area contributed by atoms with E-state index in [0.29, 0.717) is 22.7 Å². The van der Waals surface area contributed by atoms with E-state index in [1.807, 2.05) is 0 Å². The first-order valence-electron chi connectivity index (χ1n) is 5.39. The molecule has 19 heavy (non-hydrogen) atoms. The molecule has 0 aliphatic heterocycles. The van der Waals surface area contributed by atoms with Gasteiger partial charge in [-0.1, -0.05) is 23.7 Å². The van der Waals surface area contributed by atoms with Crippen molar-refractivity contribution in [3.05, 3.63) is 70.0 Å². The van der Waals surface area contributed by atoms with Crippen LogP contribution in [0.25, 0.3) is 0 Å². The van der Waals surface area contributed by atoms with E-state index in [1.54, 1.807) is 18.2 Å². The van der Waals surface area contributed by atoms with E-state index in [2.05, 4.69) is 0 Å². The molecule has 0 saturated heterocycles. The minimum atomic E-state index is -1.20. The minimum Gasteiger partial charge on any atom is -0.294 e. The van der Waals surface area contributed by atoms with Crippen molar-refractivity contribution >= 4 is 17.4 Å². The largest absolute Gasteiger partial charge is 0.294 e. The van der Waals surface area contributed by atoms with Gasteiger partial charge in [0, 0.05) is 23.6 Å². The van der Waals surface area contributed by atoms with Gasteiger partial charge in [0.15, 0.2) is 5.78 Å². The molecule has 0 bridgehead atoms. The fourth-order valence-electron chi connectivity index (χ4n) is 1.73. The van der Waals surface area contributed by atoms with E-state index in [-0.39, 0.29) is 6.42 Å². The van der Waals surface area contributed by atoms with Gasteiger partial charge >= 0.3 is 0 Å². The highest BCUT2D eigenvalue weighted by Gasteiger charge is 2.19. The van der Waals surface area contributed by atoms with E-state index >= 15 is 0 Å². The van der Waals surface area contributed by atoms with Crippen LogP contribution in [0, 0.1) is 17.5 Å². The van der Waals surface area contributed by atoms with Crippen LogP contribution in [0.5, 0.6) is 0 Å². The molecule has 0 fully saturated rings. The summed E-state index contributed by atoms with van der Waals surface area (Å²) in [7, 11) is 0. The van der Waals surface area contributed by atoms with Crippen LogP contribution in [0.15, 0.2) is 36.4 Å². The molecule has 0 N–H and O–H groups in total. The molecule has 0 heterocycles. The number of carbonyl (C=O) groups excluding carboxylic acids is 1. The smallest absolute Gasteiger partial charge is 0.173 e. The Morgan fingerprint density at radius 2 is 1.68 bits per heavy atom. The molecule has 0 unspecified atom stereocenters. The molecule has 0 spiro atoms. The van der Waals surface area contributed by atoms with E-state index in [4.69, 9.17) is 11.6 Å². The first-order chi connectivity index (χ1) is 8.97. The number of hydrogen-bond donors (Lipinski definition) is 0. The number of benzene rings is 2. The minimum absolute atomic E-state index is 0.208. The molecular formula is C14H8ClF3O. The maximum atomic E-state index is 13.4. The standard InChI is InChI=1S/C14H8ClF3O/c15-9-3-1-2-8(4-9)5-13(19)14-11(17)6-10(16)7-12(14)18/h1-4,6-7H,5H2. The Labute approximate surface area is 112 Å². The molecular weight excluding hydrogens is 277 g/mol. The summed E-state index contributed by atoms with van der Waals surface area (Å²) in [6.07, 6.45) is -0.208. The third-order valence-electron chi connectivity index (χ3n) is 2.54. The van der Waals surface area contributed by atoms with Crippen molar-refractivity contribution in [3.63, 3.8) is 0 Å². The monoisotopic (exact) mass is 284 g/mol. The second-order valence-corrected chi connectivity index (χ2v) is 4.41. The Bertz CT molecular complexity index is 617. The second-order valence-electron chi connectivity index (χ2n) is 3.97. The lowest BCUT2D eigenvalue weighted by Gasteiger charge is -2.05. The fourth-order valence-corrected chi connectivity index (χ4v) is 1.94. The highest BCUT2D eigenvalue weighted by molar-refractivity contribution is 6.30. The molecule has 0 aliphatic rings. The molecule has 2 aromatic carbocycles. The summed E-state index contributed by atoms with van der Waals surface area (Å²) >= 11 is 5.75. The van der Waals surface area contributed by atoms with Crippen molar-refractivity contribution in [2.24, 2.45) is 0 Å². The van der Waals surface area contributed by atoms with Crippen molar-refractivity contribution in [2.75, 3.05) is 0 Å². The average molecular weight is 285 g/mol. The number of rotatable bonds is 3. The fraction of sp³-hybridized carbons (Fsp3) is 0.0714. The summed E-state index contributed by atoms with van der Waals surface area (Å²) in [5.41, 5.74) is -0.206. The first-order valence-corrected chi connectivity index (χ1v) is 5.77. The van der Waals surface area contributed by atoms with Gasteiger partial charge in [-0.25, -0.2) is 13.2 Å². The zero-order valence-corrected chi connectivity index (χ0v) is 10.3. The third-order valence-corrected chi connectivity index (χ3v) is 2.77. The lowest BCUT2D eigenvalue weighted by Crippen LogP contribution is -2.09. The number of hydrogen-bond acceptors (Lipinski definition) is 1. The Balaban J connectivity index is 2.31. The number of ketones is 1. The maximum Gasteiger partial charge on any atom is 0.173 e. The van der Waals surface area contributed by atoms with Crippen molar-refractivity contribution in [1.82, 2.24) is 0 Å². The van der Waals surface area contributed by atoms with Gasteiger partial charge in [-0.05, 0) is 17.7 Å². The average Bonchev–Trinajstić information content (AvgIpc) is 2.27.